The smallest absolute Gasteiger partial charge is 0.179 e. The van der Waals surface area contributed by atoms with Crippen molar-refractivity contribution in [2.45, 2.75) is 27.3 Å². The summed E-state index contributed by atoms with van der Waals surface area (Å²) in [4.78, 5) is 11.4. The lowest BCUT2D eigenvalue weighted by atomic mass is 10.2. The van der Waals surface area contributed by atoms with Gasteiger partial charge in [-0.15, -0.1) is 11.6 Å². The van der Waals surface area contributed by atoms with Gasteiger partial charge in [0.25, 0.3) is 0 Å². The number of ketones is 1. The van der Waals surface area contributed by atoms with Crippen molar-refractivity contribution in [1.82, 2.24) is 4.57 Å². The zero-order valence-electron chi connectivity index (χ0n) is 8.22. The van der Waals surface area contributed by atoms with E-state index in [2.05, 4.69) is 11.5 Å². The average Bonchev–Trinajstić information content (AvgIpc) is 2.40. The first-order valence-electron chi connectivity index (χ1n) is 4.37. The molecule has 0 N–H and O–H groups in total. The molecule has 2 nitrogen and oxygen atoms in total. The predicted octanol–water partition coefficient (Wildman–Crippen LogP) is 2.55. The summed E-state index contributed by atoms with van der Waals surface area (Å²) in [5.41, 5.74) is 2.90. The van der Waals surface area contributed by atoms with Gasteiger partial charge in [-0.2, -0.15) is 0 Å². The van der Waals surface area contributed by atoms with Crippen LogP contribution in [0.5, 0.6) is 0 Å². The summed E-state index contributed by atoms with van der Waals surface area (Å²) in [6, 6.07) is 1.91. The Kier molecular flexibility index (Phi) is 3.15. The SMILES string of the molecule is CCn1c(C)cc(C(=O)CCl)c1C. The summed E-state index contributed by atoms with van der Waals surface area (Å²) < 4.78 is 2.11. The van der Waals surface area contributed by atoms with E-state index in [9.17, 15) is 4.79 Å². The minimum atomic E-state index is 0.00877. The Morgan fingerprint density at radius 3 is 2.54 bits per heavy atom. The summed E-state index contributed by atoms with van der Waals surface area (Å²) >= 11 is 5.50. The summed E-state index contributed by atoms with van der Waals surface area (Å²) in [7, 11) is 0. The van der Waals surface area contributed by atoms with Crippen LogP contribution in [0.25, 0.3) is 0 Å². The average molecular weight is 200 g/mol. The van der Waals surface area contributed by atoms with Crippen LogP contribution in [-0.4, -0.2) is 16.2 Å². The van der Waals surface area contributed by atoms with Crippen LogP contribution in [0.15, 0.2) is 6.07 Å². The summed E-state index contributed by atoms with van der Waals surface area (Å²) in [5.74, 6) is 0.0723. The summed E-state index contributed by atoms with van der Waals surface area (Å²) in [6.07, 6.45) is 0. The number of rotatable bonds is 3. The Morgan fingerprint density at radius 2 is 2.15 bits per heavy atom. The summed E-state index contributed by atoms with van der Waals surface area (Å²) in [6.45, 7) is 6.92. The molecule has 0 aromatic carbocycles. The number of hydrogen-bond donors (Lipinski definition) is 0. The third-order valence-corrected chi connectivity index (χ3v) is 2.55. The van der Waals surface area contributed by atoms with Crippen molar-refractivity contribution < 1.29 is 4.79 Å². The van der Waals surface area contributed by atoms with Gasteiger partial charge in [-0.1, -0.05) is 0 Å². The lowest BCUT2D eigenvalue weighted by Crippen LogP contribution is -2.04. The highest BCUT2D eigenvalue weighted by Gasteiger charge is 2.13. The van der Waals surface area contributed by atoms with E-state index in [0.29, 0.717) is 0 Å². The third kappa shape index (κ3) is 1.78. The number of nitrogens with zero attached hydrogens (tertiary/aromatic N) is 1. The topological polar surface area (TPSA) is 22.0 Å². The number of hydrogen-bond acceptors (Lipinski definition) is 1. The first-order chi connectivity index (χ1) is 6.11. The van der Waals surface area contributed by atoms with Crippen LogP contribution in [0, 0.1) is 13.8 Å². The van der Waals surface area contributed by atoms with E-state index in [4.69, 9.17) is 11.6 Å². The van der Waals surface area contributed by atoms with Gasteiger partial charge >= 0.3 is 0 Å². The normalized spacial score (nSPS) is 10.5. The second-order valence-electron chi connectivity index (χ2n) is 3.09. The fraction of sp³-hybridized carbons (Fsp3) is 0.500. The molecule has 0 aliphatic rings. The Bertz CT molecular complexity index is 328. The lowest BCUT2D eigenvalue weighted by Gasteiger charge is -2.04. The molecular formula is C10H14ClNO. The van der Waals surface area contributed by atoms with Crippen LogP contribution >= 0.6 is 11.6 Å². The number of carbonyl (C=O) groups is 1. The van der Waals surface area contributed by atoms with Crippen molar-refractivity contribution in [3.8, 4) is 0 Å². The van der Waals surface area contributed by atoms with Crippen LogP contribution in [0.4, 0.5) is 0 Å². The highest BCUT2D eigenvalue weighted by molar-refractivity contribution is 6.30. The van der Waals surface area contributed by atoms with Gasteiger partial charge in [-0.05, 0) is 26.8 Å². The van der Waals surface area contributed by atoms with Gasteiger partial charge in [-0.3, -0.25) is 4.79 Å². The Balaban J connectivity index is 3.18. The van der Waals surface area contributed by atoms with Gasteiger partial charge in [-0.25, -0.2) is 0 Å². The van der Waals surface area contributed by atoms with E-state index >= 15 is 0 Å². The molecule has 0 fully saturated rings. The molecule has 0 unspecified atom stereocenters. The molecule has 0 aliphatic heterocycles. The van der Waals surface area contributed by atoms with Gasteiger partial charge in [0, 0.05) is 23.5 Å². The van der Waals surface area contributed by atoms with Crippen LogP contribution in [0.3, 0.4) is 0 Å². The zero-order chi connectivity index (χ0) is 10.0. The number of carbonyl (C=O) groups excluding carboxylic acids is 1. The first kappa shape index (κ1) is 10.3. The molecule has 0 aliphatic carbocycles. The molecule has 0 atom stereocenters. The number of alkyl halides is 1. The predicted molar refractivity (Wildman–Crippen MR) is 54.6 cm³/mol. The Labute approximate surface area is 83.5 Å². The van der Waals surface area contributed by atoms with Gasteiger partial charge in [0.15, 0.2) is 5.78 Å². The Hall–Kier alpha value is -0.760. The molecule has 0 saturated heterocycles. The quantitative estimate of drug-likeness (QED) is 0.542. The molecule has 0 spiro atoms. The molecule has 1 rings (SSSR count). The first-order valence-corrected chi connectivity index (χ1v) is 4.91. The zero-order valence-corrected chi connectivity index (χ0v) is 8.98. The maximum atomic E-state index is 11.4. The lowest BCUT2D eigenvalue weighted by molar-refractivity contribution is 0.102. The monoisotopic (exact) mass is 199 g/mol. The molecule has 72 valence electrons. The van der Waals surface area contributed by atoms with Crippen molar-refractivity contribution in [3.63, 3.8) is 0 Å². The molecule has 0 bridgehead atoms. The van der Waals surface area contributed by atoms with Gasteiger partial charge in [0.1, 0.15) is 0 Å². The number of Topliss-reactive ketones (excluding diaryl/α,β-unsaturated/α-hetero) is 1. The molecule has 1 heterocycles. The molecular weight excluding hydrogens is 186 g/mol. The number of aryl methyl sites for hydroxylation is 1. The molecule has 3 heteroatoms. The van der Waals surface area contributed by atoms with E-state index in [-0.39, 0.29) is 11.7 Å². The Morgan fingerprint density at radius 1 is 1.54 bits per heavy atom. The number of aromatic nitrogens is 1. The molecule has 0 amide bonds. The van der Waals surface area contributed by atoms with Crippen LogP contribution in [0.1, 0.15) is 28.7 Å². The second kappa shape index (κ2) is 3.97. The van der Waals surface area contributed by atoms with Gasteiger partial charge in [0.2, 0.25) is 0 Å². The molecule has 0 radical (unpaired) electrons. The van der Waals surface area contributed by atoms with Crippen molar-refractivity contribution in [1.29, 1.82) is 0 Å². The minimum Gasteiger partial charge on any atom is -0.349 e. The molecule has 1 aromatic heterocycles. The minimum absolute atomic E-state index is 0.00877. The third-order valence-electron chi connectivity index (χ3n) is 2.31. The van der Waals surface area contributed by atoms with E-state index in [1.165, 1.54) is 0 Å². The summed E-state index contributed by atoms with van der Waals surface area (Å²) in [5, 5.41) is 0. The fourth-order valence-electron chi connectivity index (χ4n) is 1.64. The van der Waals surface area contributed by atoms with E-state index < -0.39 is 0 Å². The maximum absolute atomic E-state index is 11.4. The van der Waals surface area contributed by atoms with Crippen molar-refractivity contribution >= 4 is 17.4 Å². The van der Waals surface area contributed by atoms with Crippen LogP contribution in [-0.2, 0) is 6.54 Å². The largest absolute Gasteiger partial charge is 0.349 e. The van der Waals surface area contributed by atoms with Gasteiger partial charge in [0.05, 0.1) is 5.88 Å². The van der Waals surface area contributed by atoms with Crippen LogP contribution in [0.2, 0.25) is 0 Å². The molecule has 13 heavy (non-hydrogen) atoms. The highest BCUT2D eigenvalue weighted by atomic mass is 35.5. The standard InChI is InChI=1S/C10H14ClNO/c1-4-12-7(2)5-9(8(12)3)10(13)6-11/h5H,4,6H2,1-3H3. The second-order valence-corrected chi connectivity index (χ2v) is 3.35. The molecule has 1 aromatic rings. The fourth-order valence-corrected chi connectivity index (χ4v) is 1.79. The maximum Gasteiger partial charge on any atom is 0.179 e. The highest BCUT2D eigenvalue weighted by Crippen LogP contribution is 2.15. The molecule has 0 saturated carbocycles. The van der Waals surface area contributed by atoms with E-state index in [1.807, 2.05) is 19.9 Å². The van der Waals surface area contributed by atoms with Crippen molar-refractivity contribution in [3.05, 3.63) is 23.0 Å². The van der Waals surface area contributed by atoms with E-state index in [0.717, 1.165) is 23.5 Å². The van der Waals surface area contributed by atoms with E-state index in [1.54, 1.807) is 0 Å². The van der Waals surface area contributed by atoms with Crippen LogP contribution < -0.4 is 0 Å². The number of halogens is 1. The van der Waals surface area contributed by atoms with Crippen molar-refractivity contribution in [2.24, 2.45) is 0 Å². The van der Waals surface area contributed by atoms with Crippen molar-refractivity contribution in [2.75, 3.05) is 5.88 Å². The van der Waals surface area contributed by atoms with Gasteiger partial charge < -0.3 is 4.57 Å².